The number of hydrogen-bond acceptors (Lipinski definition) is 3. The Morgan fingerprint density at radius 2 is 1.86 bits per heavy atom. The average molecular weight is 296 g/mol. The van der Waals surface area contributed by atoms with Gasteiger partial charge in [-0.1, -0.05) is 42.5 Å². The molecule has 0 aliphatic carbocycles. The first-order chi connectivity index (χ1) is 10.7. The monoisotopic (exact) mass is 296 g/mol. The number of nitrogens with one attached hydrogen (secondary N) is 1. The fourth-order valence-corrected chi connectivity index (χ4v) is 2.52. The lowest BCUT2D eigenvalue weighted by molar-refractivity contribution is 0.413. The van der Waals surface area contributed by atoms with Gasteiger partial charge in [0.15, 0.2) is 0 Å². The van der Waals surface area contributed by atoms with Crippen LogP contribution >= 0.6 is 0 Å². The van der Waals surface area contributed by atoms with Crippen LogP contribution in [-0.4, -0.2) is 7.11 Å². The van der Waals surface area contributed by atoms with Crippen molar-refractivity contribution in [1.82, 2.24) is 0 Å². The van der Waals surface area contributed by atoms with E-state index in [-0.39, 0.29) is 5.69 Å². The van der Waals surface area contributed by atoms with Gasteiger partial charge in [-0.2, -0.15) is 0 Å². The summed E-state index contributed by atoms with van der Waals surface area (Å²) in [7, 11) is 1.51. The van der Waals surface area contributed by atoms with Gasteiger partial charge in [-0.15, -0.1) is 0 Å². The summed E-state index contributed by atoms with van der Waals surface area (Å²) < 4.78 is 18.7. The van der Waals surface area contributed by atoms with E-state index in [0.29, 0.717) is 18.0 Å². The minimum absolute atomic E-state index is 0.0984. The molecule has 4 heteroatoms. The lowest BCUT2D eigenvalue weighted by Crippen LogP contribution is -2.04. The third kappa shape index (κ3) is 2.68. The number of hydrogen-bond donors (Lipinski definition) is 2. The largest absolute Gasteiger partial charge is 0.494 e. The van der Waals surface area contributed by atoms with Crippen molar-refractivity contribution >= 4 is 22.1 Å². The Morgan fingerprint density at radius 1 is 1.09 bits per heavy atom. The molecule has 0 spiro atoms. The molecule has 3 aromatic carbocycles. The van der Waals surface area contributed by atoms with E-state index in [9.17, 15) is 4.39 Å². The molecule has 0 saturated heterocycles. The Labute approximate surface area is 128 Å². The molecule has 0 bridgehead atoms. The van der Waals surface area contributed by atoms with E-state index in [4.69, 9.17) is 10.5 Å². The Balaban J connectivity index is 1.90. The van der Waals surface area contributed by atoms with Crippen LogP contribution in [0.5, 0.6) is 5.75 Å². The van der Waals surface area contributed by atoms with Gasteiger partial charge in [-0.25, -0.2) is 4.39 Å². The molecule has 0 aromatic heterocycles. The van der Waals surface area contributed by atoms with Gasteiger partial charge in [-0.05, 0) is 22.4 Å². The average Bonchev–Trinajstić information content (AvgIpc) is 2.55. The topological polar surface area (TPSA) is 47.3 Å². The molecule has 22 heavy (non-hydrogen) atoms. The lowest BCUT2D eigenvalue weighted by atomic mass is 10.0. The number of benzene rings is 3. The van der Waals surface area contributed by atoms with Crippen molar-refractivity contribution in [1.29, 1.82) is 0 Å². The fraction of sp³-hybridized carbons (Fsp3) is 0.111. The maximum Gasteiger partial charge on any atom is 0.149 e. The molecule has 3 aromatic rings. The Morgan fingerprint density at radius 3 is 2.68 bits per heavy atom. The van der Waals surface area contributed by atoms with Gasteiger partial charge < -0.3 is 15.8 Å². The number of anilines is 2. The molecule has 0 atom stereocenters. The fourth-order valence-electron chi connectivity index (χ4n) is 2.52. The van der Waals surface area contributed by atoms with Crippen molar-refractivity contribution in [2.24, 2.45) is 0 Å². The Kier molecular flexibility index (Phi) is 3.83. The van der Waals surface area contributed by atoms with Crippen LogP contribution in [0.2, 0.25) is 0 Å². The van der Waals surface area contributed by atoms with E-state index in [2.05, 4.69) is 29.6 Å². The Bertz CT molecular complexity index is 812. The quantitative estimate of drug-likeness (QED) is 0.710. The number of rotatable bonds is 4. The van der Waals surface area contributed by atoms with Gasteiger partial charge in [-0.3, -0.25) is 0 Å². The van der Waals surface area contributed by atoms with Crippen molar-refractivity contribution in [2.45, 2.75) is 6.54 Å². The second kappa shape index (κ2) is 5.93. The summed E-state index contributed by atoms with van der Waals surface area (Å²) in [6, 6.07) is 17.2. The van der Waals surface area contributed by atoms with Crippen LogP contribution in [0.15, 0.2) is 54.6 Å². The van der Waals surface area contributed by atoms with Crippen molar-refractivity contribution in [3.8, 4) is 5.75 Å². The van der Waals surface area contributed by atoms with Gasteiger partial charge in [0.1, 0.15) is 11.6 Å². The number of methoxy groups -OCH3 is 1. The van der Waals surface area contributed by atoms with Crippen molar-refractivity contribution in [3.63, 3.8) is 0 Å². The van der Waals surface area contributed by atoms with E-state index >= 15 is 0 Å². The summed E-state index contributed by atoms with van der Waals surface area (Å²) in [6.45, 7) is 0.600. The molecule has 0 saturated carbocycles. The smallest absolute Gasteiger partial charge is 0.149 e. The molecule has 0 radical (unpaired) electrons. The van der Waals surface area contributed by atoms with Crippen LogP contribution in [0.25, 0.3) is 10.8 Å². The zero-order chi connectivity index (χ0) is 15.5. The second-order valence-electron chi connectivity index (χ2n) is 5.07. The highest BCUT2D eigenvalue weighted by Crippen LogP contribution is 2.30. The minimum Gasteiger partial charge on any atom is -0.494 e. The first kappa shape index (κ1) is 14.2. The molecule has 0 fully saturated rings. The summed E-state index contributed by atoms with van der Waals surface area (Å²) in [5.74, 6) is -0.0421. The summed E-state index contributed by atoms with van der Waals surface area (Å²) in [5, 5.41) is 5.64. The highest BCUT2D eigenvalue weighted by molar-refractivity contribution is 5.85. The molecular weight excluding hydrogens is 279 g/mol. The Hall–Kier alpha value is -2.75. The van der Waals surface area contributed by atoms with Crippen LogP contribution in [0, 0.1) is 5.82 Å². The predicted molar refractivity (Wildman–Crippen MR) is 88.6 cm³/mol. The number of nitrogen functional groups attached to an aromatic ring is 1. The standard InChI is InChI=1S/C18H17FN2O/c1-22-18-9-15(19)16(20)10-17(18)21-11-13-7-4-6-12-5-2-3-8-14(12)13/h2-10,21H,11,20H2,1H3. The SMILES string of the molecule is COc1cc(F)c(N)cc1NCc1cccc2ccccc12. The van der Waals surface area contributed by atoms with Gasteiger partial charge in [0.05, 0.1) is 18.5 Å². The maximum atomic E-state index is 13.5. The van der Waals surface area contributed by atoms with Gasteiger partial charge in [0.2, 0.25) is 0 Å². The third-order valence-electron chi connectivity index (χ3n) is 3.67. The van der Waals surface area contributed by atoms with E-state index in [1.807, 2.05) is 18.2 Å². The van der Waals surface area contributed by atoms with Crippen LogP contribution in [0.1, 0.15) is 5.56 Å². The number of halogens is 1. The summed E-state index contributed by atoms with van der Waals surface area (Å²) in [4.78, 5) is 0. The molecule has 0 heterocycles. The molecular formula is C18H17FN2O. The van der Waals surface area contributed by atoms with Gasteiger partial charge in [0.25, 0.3) is 0 Å². The van der Waals surface area contributed by atoms with Crippen LogP contribution in [0.3, 0.4) is 0 Å². The van der Waals surface area contributed by atoms with Crippen LogP contribution in [0.4, 0.5) is 15.8 Å². The second-order valence-corrected chi connectivity index (χ2v) is 5.07. The van der Waals surface area contributed by atoms with E-state index in [1.165, 1.54) is 23.9 Å². The zero-order valence-electron chi connectivity index (χ0n) is 12.3. The van der Waals surface area contributed by atoms with Gasteiger partial charge >= 0.3 is 0 Å². The summed E-state index contributed by atoms with van der Waals surface area (Å²) in [5.41, 5.74) is 7.56. The minimum atomic E-state index is -0.479. The summed E-state index contributed by atoms with van der Waals surface area (Å²) in [6.07, 6.45) is 0. The number of nitrogens with two attached hydrogens (primary N) is 1. The lowest BCUT2D eigenvalue weighted by Gasteiger charge is -2.13. The van der Waals surface area contributed by atoms with Crippen molar-refractivity contribution in [2.75, 3.05) is 18.2 Å². The normalized spacial score (nSPS) is 10.6. The van der Waals surface area contributed by atoms with Crippen molar-refractivity contribution < 1.29 is 9.13 Å². The van der Waals surface area contributed by atoms with Gasteiger partial charge in [0, 0.05) is 12.6 Å². The molecule has 112 valence electrons. The van der Waals surface area contributed by atoms with Crippen molar-refractivity contribution in [3.05, 3.63) is 66.0 Å². The predicted octanol–water partition coefficient (Wildman–Crippen LogP) is 4.18. The first-order valence-corrected chi connectivity index (χ1v) is 7.02. The molecule has 0 unspecified atom stereocenters. The molecule has 3 nitrogen and oxygen atoms in total. The maximum absolute atomic E-state index is 13.5. The first-order valence-electron chi connectivity index (χ1n) is 7.02. The molecule has 0 aliphatic rings. The zero-order valence-corrected chi connectivity index (χ0v) is 12.3. The highest BCUT2D eigenvalue weighted by atomic mass is 19.1. The number of ether oxygens (including phenoxy) is 1. The third-order valence-corrected chi connectivity index (χ3v) is 3.67. The van der Waals surface area contributed by atoms with Crippen LogP contribution in [-0.2, 0) is 6.54 Å². The molecule has 0 amide bonds. The summed E-state index contributed by atoms with van der Waals surface area (Å²) >= 11 is 0. The van der Waals surface area contributed by atoms with E-state index < -0.39 is 5.82 Å². The molecule has 3 rings (SSSR count). The number of fused-ring (bicyclic) bond motifs is 1. The van der Waals surface area contributed by atoms with Crippen LogP contribution < -0.4 is 15.8 Å². The highest BCUT2D eigenvalue weighted by Gasteiger charge is 2.09. The molecule has 0 aliphatic heterocycles. The van der Waals surface area contributed by atoms with E-state index in [0.717, 1.165) is 5.56 Å². The van der Waals surface area contributed by atoms with E-state index in [1.54, 1.807) is 6.07 Å². The molecule has 3 N–H and O–H groups in total.